The number of esters is 2. The van der Waals surface area contributed by atoms with Gasteiger partial charge in [0, 0.05) is 12.8 Å². The number of ether oxygens (including phenoxy) is 2. The van der Waals surface area contributed by atoms with E-state index in [1.54, 1.807) is 0 Å². The summed E-state index contributed by atoms with van der Waals surface area (Å²) in [5.41, 5.74) is 0. The summed E-state index contributed by atoms with van der Waals surface area (Å²) in [4.78, 5) is 21.3. The van der Waals surface area contributed by atoms with E-state index < -0.39 is 24.3 Å². The molecule has 0 atom stereocenters. The lowest BCUT2D eigenvalue weighted by Crippen LogP contribution is -2.30. The lowest BCUT2D eigenvalue weighted by Gasteiger charge is -2.13. The predicted octanol–water partition coefficient (Wildman–Crippen LogP) is 1.53. The van der Waals surface area contributed by atoms with Crippen molar-refractivity contribution in [3.8, 4) is 0 Å². The number of methoxy groups -OCH3 is 1. The summed E-state index contributed by atoms with van der Waals surface area (Å²) >= 11 is 0. The Morgan fingerprint density at radius 3 is 2.40 bits per heavy atom. The van der Waals surface area contributed by atoms with Gasteiger partial charge in [-0.15, -0.1) is 0 Å². The predicted molar refractivity (Wildman–Crippen MR) is 47.4 cm³/mol. The highest BCUT2D eigenvalue weighted by Crippen LogP contribution is 2.23. The fourth-order valence-electron chi connectivity index (χ4n) is 0.896. The molecule has 0 radical (unpaired) electrons. The molecule has 15 heavy (non-hydrogen) atoms. The highest BCUT2D eigenvalue weighted by Gasteiger charge is 2.39. The summed E-state index contributed by atoms with van der Waals surface area (Å²) < 4.78 is 34.3. The second kappa shape index (κ2) is 6.31. The smallest absolute Gasteiger partial charge is 0.376 e. The van der Waals surface area contributed by atoms with Crippen LogP contribution in [0.3, 0.4) is 0 Å². The van der Waals surface area contributed by atoms with E-state index in [9.17, 15) is 18.4 Å². The molecule has 0 aromatic rings. The monoisotopic (exact) mass is 224 g/mol. The van der Waals surface area contributed by atoms with Crippen LogP contribution in [0.2, 0.25) is 0 Å². The van der Waals surface area contributed by atoms with E-state index in [2.05, 4.69) is 9.47 Å². The quantitative estimate of drug-likeness (QED) is 0.642. The van der Waals surface area contributed by atoms with Gasteiger partial charge >= 0.3 is 17.9 Å². The highest BCUT2D eigenvalue weighted by molar-refractivity contribution is 5.77. The zero-order chi connectivity index (χ0) is 11.9. The van der Waals surface area contributed by atoms with Gasteiger partial charge in [0.25, 0.3) is 0 Å². The zero-order valence-electron chi connectivity index (χ0n) is 8.72. The molecule has 0 aliphatic rings. The first-order chi connectivity index (χ1) is 6.94. The normalized spacial score (nSPS) is 10.9. The fourth-order valence-corrected chi connectivity index (χ4v) is 0.896. The van der Waals surface area contributed by atoms with E-state index in [1.165, 1.54) is 14.0 Å². The molecule has 0 aromatic carbocycles. The molecule has 0 bridgehead atoms. The van der Waals surface area contributed by atoms with Gasteiger partial charge in [-0.1, -0.05) is 0 Å². The first kappa shape index (κ1) is 13.8. The van der Waals surface area contributed by atoms with Crippen molar-refractivity contribution >= 4 is 11.9 Å². The van der Waals surface area contributed by atoms with Crippen molar-refractivity contribution in [2.75, 3.05) is 13.7 Å². The number of alkyl halides is 2. The molecule has 0 fully saturated rings. The number of rotatable bonds is 6. The second-order valence-corrected chi connectivity index (χ2v) is 2.85. The van der Waals surface area contributed by atoms with Crippen LogP contribution < -0.4 is 0 Å². The Kier molecular flexibility index (Phi) is 5.81. The number of carbonyl (C=O) groups excluding carboxylic acids is 2. The lowest BCUT2D eigenvalue weighted by atomic mass is 10.1. The highest BCUT2D eigenvalue weighted by atomic mass is 19.3. The molecule has 0 aliphatic heterocycles. The third kappa shape index (κ3) is 5.29. The minimum absolute atomic E-state index is 0.0918. The summed E-state index contributed by atoms with van der Waals surface area (Å²) in [6, 6.07) is 0. The molecular weight excluding hydrogens is 210 g/mol. The maximum absolute atomic E-state index is 12.9. The minimum atomic E-state index is -3.52. The Morgan fingerprint density at radius 1 is 1.33 bits per heavy atom. The zero-order valence-corrected chi connectivity index (χ0v) is 8.72. The van der Waals surface area contributed by atoms with Crippen molar-refractivity contribution in [3.05, 3.63) is 0 Å². The summed E-state index contributed by atoms with van der Waals surface area (Å²) in [7, 11) is 1.17. The van der Waals surface area contributed by atoms with E-state index in [0.29, 0.717) is 0 Å². The van der Waals surface area contributed by atoms with Crippen LogP contribution in [-0.4, -0.2) is 31.6 Å². The third-order valence-electron chi connectivity index (χ3n) is 1.67. The van der Waals surface area contributed by atoms with Crippen LogP contribution in [0.4, 0.5) is 8.78 Å². The lowest BCUT2D eigenvalue weighted by molar-refractivity contribution is -0.172. The molecule has 0 N–H and O–H groups in total. The second-order valence-electron chi connectivity index (χ2n) is 2.85. The molecule has 88 valence electrons. The first-order valence-electron chi connectivity index (χ1n) is 4.56. The summed E-state index contributed by atoms with van der Waals surface area (Å²) in [5, 5.41) is 0. The molecular formula is C9H14F2O4. The molecule has 0 aromatic heterocycles. The summed E-state index contributed by atoms with van der Waals surface area (Å²) in [5.74, 6) is -5.64. The van der Waals surface area contributed by atoms with Gasteiger partial charge in [-0.2, -0.15) is 8.78 Å². The van der Waals surface area contributed by atoms with E-state index in [0.717, 1.165) is 0 Å². The Bertz CT molecular complexity index is 228. The van der Waals surface area contributed by atoms with Gasteiger partial charge in [0.1, 0.15) is 0 Å². The average Bonchev–Trinajstić information content (AvgIpc) is 2.17. The topological polar surface area (TPSA) is 52.6 Å². The number of carbonyl (C=O) groups is 2. The largest absolute Gasteiger partial charge is 0.469 e. The summed E-state index contributed by atoms with van der Waals surface area (Å²) in [6.07, 6.45) is -0.953. The van der Waals surface area contributed by atoms with Crippen LogP contribution in [0.5, 0.6) is 0 Å². The van der Waals surface area contributed by atoms with Crippen LogP contribution in [0, 0.1) is 0 Å². The third-order valence-corrected chi connectivity index (χ3v) is 1.67. The molecule has 0 saturated carbocycles. The van der Waals surface area contributed by atoms with Gasteiger partial charge in [0.05, 0.1) is 13.7 Å². The molecule has 0 heterocycles. The average molecular weight is 224 g/mol. The van der Waals surface area contributed by atoms with Gasteiger partial charge in [-0.05, 0) is 13.3 Å². The molecule has 0 amide bonds. The fraction of sp³-hybridized carbons (Fsp3) is 0.778. The maximum atomic E-state index is 12.9. The molecule has 0 aliphatic carbocycles. The number of hydrogen-bond acceptors (Lipinski definition) is 4. The standard InChI is InChI=1S/C9H14F2O4/c1-3-15-8(13)9(10,11)6-4-5-7(12)14-2/h3-6H2,1-2H3. The molecule has 4 nitrogen and oxygen atoms in total. The SMILES string of the molecule is CCOC(=O)C(F)(F)CCCC(=O)OC. The Labute approximate surface area is 86.5 Å². The van der Waals surface area contributed by atoms with Gasteiger partial charge in [0.2, 0.25) is 0 Å². The van der Waals surface area contributed by atoms with Gasteiger partial charge in [0.15, 0.2) is 0 Å². The van der Waals surface area contributed by atoms with Crippen molar-refractivity contribution < 1.29 is 27.8 Å². The van der Waals surface area contributed by atoms with E-state index >= 15 is 0 Å². The van der Waals surface area contributed by atoms with Crippen molar-refractivity contribution in [3.63, 3.8) is 0 Å². The van der Waals surface area contributed by atoms with E-state index in [-0.39, 0.29) is 19.4 Å². The van der Waals surface area contributed by atoms with Crippen LogP contribution in [0.15, 0.2) is 0 Å². The van der Waals surface area contributed by atoms with E-state index in [4.69, 9.17) is 0 Å². The Hall–Kier alpha value is -1.20. The van der Waals surface area contributed by atoms with Gasteiger partial charge < -0.3 is 9.47 Å². The van der Waals surface area contributed by atoms with Crippen LogP contribution >= 0.6 is 0 Å². The van der Waals surface area contributed by atoms with Gasteiger partial charge in [-0.3, -0.25) is 4.79 Å². The number of hydrogen-bond donors (Lipinski definition) is 0. The maximum Gasteiger partial charge on any atom is 0.376 e. The van der Waals surface area contributed by atoms with Crippen LogP contribution in [-0.2, 0) is 19.1 Å². The molecule has 0 unspecified atom stereocenters. The van der Waals surface area contributed by atoms with E-state index in [1.807, 2.05) is 0 Å². The van der Waals surface area contributed by atoms with Crippen molar-refractivity contribution in [1.82, 2.24) is 0 Å². The number of halogens is 2. The van der Waals surface area contributed by atoms with Gasteiger partial charge in [-0.25, -0.2) is 4.79 Å². The Balaban J connectivity index is 3.93. The van der Waals surface area contributed by atoms with Crippen molar-refractivity contribution in [2.24, 2.45) is 0 Å². The van der Waals surface area contributed by atoms with Crippen molar-refractivity contribution in [2.45, 2.75) is 32.1 Å². The van der Waals surface area contributed by atoms with Crippen molar-refractivity contribution in [1.29, 1.82) is 0 Å². The summed E-state index contributed by atoms with van der Waals surface area (Å²) in [6.45, 7) is 1.36. The first-order valence-corrected chi connectivity index (χ1v) is 4.56. The molecule has 0 spiro atoms. The Morgan fingerprint density at radius 2 is 1.93 bits per heavy atom. The van der Waals surface area contributed by atoms with Crippen LogP contribution in [0.25, 0.3) is 0 Å². The molecule has 6 heteroatoms. The van der Waals surface area contributed by atoms with Crippen LogP contribution in [0.1, 0.15) is 26.2 Å². The minimum Gasteiger partial charge on any atom is -0.469 e. The molecule has 0 rings (SSSR count). The molecule has 0 saturated heterocycles.